The average Bonchev–Trinajstić information content (AvgIpc) is 2.20. The molecular weight excluding hydrogens is 188 g/mol. The van der Waals surface area contributed by atoms with Crippen LogP contribution in [0.3, 0.4) is 0 Å². The van der Waals surface area contributed by atoms with Gasteiger partial charge >= 0.3 is 0 Å². The molecule has 0 saturated carbocycles. The molecule has 0 radical (unpaired) electrons. The minimum atomic E-state index is -0.0600. The SMILES string of the molecule is CCNCC.OCCONOCCO. The Labute approximate surface area is 85.1 Å². The van der Waals surface area contributed by atoms with Crippen molar-refractivity contribution in [1.82, 2.24) is 11.0 Å². The molecule has 0 aromatic rings. The summed E-state index contributed by atoms with van der Waals surface area (Å²) < 4.78 is 0. The van der Waals surface area contributed by atoms with E-state index in [4.69, 9.17) is 10.2 Å². The molecule has 0 unspecified atom stereocenters. The van der Waals surface area contributed by atoms with Crippen LogP contribution >= 0.6 is 0 Å². The summed E-state index contributed by atoms with van der Waals surface area (Å²) in [5, 5.41) is 19.4. The molecule has 0 aliphatic heterocycles. The lowest BCUT2D eigenvalue weighted by Crippen LogP contribution is -2.19. The Bertz CT molecular complexity index is 77.7. The van der Waals surface area contributed by atoms with E-state index in [1.54, 1.807) is 0 Å². The number of nitrogens with one attached hydrogen (secondary N) is 2. The second-order valence-electron chi connectivity index (χ2n) is 2.18. The van der Waals surface area contributed by atoms with Gasteiger partial charge in [0.2, 0.25) is 0 Å². The Morgan fingerprint density at radius 1 is 0.929 bits per heavy atom. The number of hydrogen-bond donors (Lipinski definition) is 4. The quantitative estimate of drug-likeness (QED) is 0.305. The van der Waals surface area contributed by atoms with Crippen molar-refractivity contribution in [2.45, 2.75) is 13.8 Å². The molecule has 0 rings (SSSR count). The van der Waals surface area contributed by atoms with Gasteiger partial charge in [-0.25, -0.2) is 0 Å². The molecule has 4 N–H and O–H groups in total. The fraction of sp³-hybridized carbons (Fsp3) is 1.00. The van der Waals surface area contributed by atoms with Crippen LogP contribution in [0.2, 0.25) is 0 Å². The maximum absolute atomic E-state index is 8.15. The van der Waals surface area contributed by atoms with Gasteiger partial charge in [-0.3, -0.25) is 9.68 Å². The zero-order chi connectivity index (χ0) is 11.1. The van der Waals surface area contributed by atoms with E-state index in [0.717, 1.165) is 13.1 Å². The lowest BCUT2D eigenvalue weighted by Gasteiger charge is -2.01. The topological polar surface area (TPSA) is 83.0 Å². The van der Waals surface area contributed by atoms with Crippen LogP contribution < -0.4 is 11.0 Å². The van der Waals surface area contributed by atoms with Crippen molar-refractivity contribution in [3.05, 3.63) is 0 Å². The van der Waals surface area contributed by atoms with Crippen molar-refractivity contribution >= 4 is 0 Å². The van der Waals surface area contributed by atoms with Gasteiger partial charge in [-0.1, -0.05) is 19.5 Å². The standard InChI is InChI=1S/C4H11NO4.C4H11N/c6-1-3-8-5-9-4-2-7;1-3-5-4-2/h5-7H,1-4H2;5H,3-4H2,1-2H3. The van der Waals surface area contributed by atoms with Crippen LogP contribution in [0.1, 0.15) is 13.8 Å². The van der Waals surface area contributed by atoms with Gasteiger partial charge in [0, 0.05) is 0 Å². The summed E-state index contributed by atoms with van der Waals surface area (Å²) in [5.41, 5.74) is 2.07. The van der Waals surface area contributed by atoms with Gasteiger partial charge in [0.05, 0.1) is 26.4 Å². The Hall–Kier alpha value is -0.240. The van der Waals surface area contributed by atoms with Crippen LogP contribution in [-0.2, 0) is 9.68 Å². The second-order valence-corrected chi connectivity index (χ2v) is 2.18. The van der Waals surface area contributed by atoms with Gasteiger partial charge in [-0.15, -0.1) is 0 Å². The van der Waals surface area contributed by atoms with Crippen molar-refractivity contribution in [3.63, 3.8) is 0 Å². The van der Waals surface area contributed by atoms with Crippen molar-refractivity contribution in [1.29, 1.82) is 0 Å². The summed E-state index contributed by atoms with van der Waals surface area (Å²) >= 11 is 0. The molecule has 0 heterocycles. The third kappa shape index (κ3) is 22.6. The lowest BCUT2D eigenvalue weighted by atomic mass is 10.7. The first-order valence-electron chi connectivity index (χ1n) is 4.74. The fourth-order valence-electron chi connectivity index (χ4n) is 0.466. The molecule has 0 aromatic heterocycles. The molecule has 0 atom stereocenters. The molecule has 88 valence electrons. The molecule has 0 bridgehead atoms. The van der Waals surface area contributed by atoms with Crippen LogP contribution in [0.15, 0.2) is 0 Å². The first-order valence-corrected chi connectivity index (χ1v) is 4.74. The van der Waals surface area contributed by atoms with Crippen LogP contribution in [0.25, 0.3) is 0 Å². The molecule has 0 aliphatic carbocycles. The zero-order valence-electron chi connectivity index (χ0n) is 8.95. The Kier molecular flexibility index (Phi) is 21.4. The Balaban J connectivity index is 0. The third-order valence-corrected chi connectivity index (χ3v) is 1.00. The van der Waals surface area contributed by atoms with Gasteiger partial charge in [0.25, 0.3) is 0 Å². The number of rotatable bonds is 8. The molecule has 0 fully saturated rings. The highest BCUT2D eigenvalue weighted by Crippen LogP contribution is 1.67. The zero-order valence-corrected chi connectivity index (χ0v) is 8.95. The van der Waals surface area contributed by atoms with Crippen LogP contribution in [-0.4, -0.2) is 49.7 Å². The second kappa shape index (κ2) is 18.5. The first kappa shape index (κ1) is 16.2. The molecule has 6 heteroatoms. The summed E-state index contributed by atoms with van der Waals surface area (Å²) in [5.74, 6) is 0. The van der Waals surface area contributed by atoms with Gasteiger partial charge in [-0.2, -0.15) is 0 Å². The van der Waals surface area contributed by atoms with E-state index in [-0.39, 0.29) is 26.4 Å². The van der Waals surface area contributed by atoms with E-state index >= 15 is 0 Å². The number of aliphatic hydroxyl groups is 2. The Morgan fingerprint density at radius 3 is 1.57 bits per heavy atom. The Morgan fingerprint density at radius 2 is 1.36 bits per heavy atom. The maximum Gasteiger partial charge on any atom is 0.0940 e. The largest absolute Gasteiger partial charge is 0.394 e. The summed E-state index contributed by atoms with van der Waals surface area (Å²) in [7, 11) is 0. The van der Waals surface area contributed by atoms with E-state index in [2.05, 4.69) is 34.5 Å². The van der Waals surface area contributed by atoms with Gasteiger partial charge < -0.3 is 15.5 Å². The highest BCUT2D eigenvalue weighted by Gasteiger charge is 1.83. The fourth-order valence-corrected chi connectivity index (χ4v) is 0.466. The molecular formula is C8H22N2O4. The monoisotopic (exact) mass is 210 g/mol. The smallest absolute Gasteiger partial charge is 0.0940 e. The normalized spacial score (nSPS) is 9.43. The lowest BCUT2D eigenvalue weighted by molar-refractivity contribution is -0.178. The maximum atomic E-state index is 8.15. The number of hydrogen-bond acceptors (Lipinski definition) is 6. The molecule has 0 aliphatic rings. The van der Waals surface area contributed by atoms with E-state index in [1.165, 1.54) is 0 Å². The van der Waals surface area contributed by atoms with Crippen LogP contribution in [0, 0.1) is 0 Å². The predicted octanol–water partition coefficient (Wildman–Crippen LogP) is -0.960. The molecule has 0 spiro atoms. The van der Waals surface area contributed by atoms with Crippen molar-refractivity contribution in [2.24, 2.45) is 0 Å². The minimum Gasteiger partial charge on any atom is -0.394 e. The van der Waals surface area contributed by atoms with Gasteiger partial charge in [0.15, 0.2) is 0 Å². The molecule has 0 amide bonds. The predicted molar refractivity (Wildman–Crippen MR) is 53.4 cm³/mol. The van der Waals surface area contributed by atoms with E-state index in [0.29, 0.717) is 0 Å². The van der Waals surface area contributed by atoms with E-state index < -0.39 is 0 Å². The summed E-state index contributed by atoms with van der Waals surface area (Å²) in [6.45, 7) is 6.61. The first-order chi connectivity index (χ1) is 6.83. The molecule has 6 nitrogen and oxygen atoms in total. The van der Waals surface area contributed by atoms with Crippen LogP contribution in [0.4, 0.5) is 0 Å². The van der Waals surface area contributed by atoms with Crippen molar-refractivity contribution in [2.75, 3.05) is 39.5 Å². The average molecular weight is 210 g/mol. The molecule has 0 aromatic carbocycles. The highest BCUT2D eigenvalue weighted by molar-refractivity contribution is 4.27. The summed E-state index contributed by atoms with van der Waals surface area (Å²) in [4.78, 5) is 8.90. The highest BCUT2D eigenvalue weighted by atomic mass is 16.9. The third-order valence-electron chi connectivity index (χ3n) is 1.00. The van der Waals surface area contributed by atoms with E-state index in [1.807, 2.05) is 0 Å². The van der Waals surface area contributed by atoms with Gasteiger partial charge in [0.1, 0.15) is 0 Å². The van der Waals surface area contributed by atoms with Crippen molar-refractivity contribution < 1.29 is 19.9 Å². The van der Waals surface area contributed by atoms with E-state index in [9.17, 15) is 0 Å². The number of aliphatic hydroxyl groups excluding tert-OH is 2. The molecule has 14 heavy (non-hydrogen) atoms. The van der Waals surface area contributed by atoms with Crippen molar-refractivity contribution in [3.8, 4) is 0 Å². The summed E-state index contributed by atoms with van der Waals surface area (Å²) in [6, 6.07) is 0. The van der Waals surface area contributed by atoms with Gasteiger partial charge in [-0.05, 0) is 13.1 Å². The molecule has 0 saturated heterocycles. The summed E-state index contributed by atoms with van der Waals surface area (Å²) in [6.07, 6.45) is 0. The van der Waals surface area contributed by atoms with Crippen LogP contribution in [0.5, 0.6) is 0 Å². The minimum absolute atomic E-state index is 0.0600.